The van der Waals surface area contributed by atoms with Crippen LogP contribution in [0.3, 0.4) is 0 Å². The highest BCUT2D eigenvalue weighted by Crippen LogP contribution is 2.37. The van der Waals surface area contributed by atoms with Gasteiger partial charge in [0, 0.05) is 39.1 Å². The summed E-state index contributed by atoms with van der Waals surface area (Å²) in [5.74, 6) is 0. The molecule has 7 heteroatoms. The maximum atomic E-state index is 8.85. The van der Waals surface area contributed by atoms with Crippen molar-refractivity contribution in [3.05, 3.63) is 0 Å². The zero-order valence-electron chi connectivity index (χ0n) is 15.6. The van der Waals surface area contributed by atoms with Crippen LogP contribution >= 0.6 is 0 Å². The van der Waals surface area contributed by atoms with E-state index in [2.05, 4.69) is 18.2 Å². The Hall–Kier alpha value is -1.43. The Bertz CT molecular complexity index is 398. The van der Waals surface area contributed by atoms with Gasteiger partial charge in [0.05, 0.1) is 18.2 Å². The predicted molar refractivity (Wildman–Crippen MR) is 97.2 cm³/mol. The van der Waals surface area contributed by atoms with Gasteiger partial charge in [-0.2, -0.15) is 15.8 Å². The van der Waals surface area contributed by atoms with Gasteiger partial charge in [0.1, 0.15) is 0 Å². The number of hydrogen-bond donors (Lipinski definition) is 0. The van der Waals surface area contributed by atoms with Gasteiger partial charge in [-0.25, -0.2) is 0 Å². The summed E-state index contributed by atoms with van der Waals surface area (Å²) in [5.41, 5.74) is -0.121. The third-order valence-corrected chi connectivity index (χ3v) is 5.77. The highest BCUT2D eigenvalue weighted by atomic mass is 28.3. The molecule has 140 valence electrons. The lowest BCUT2D eigenvalue weighted by Crippen LogP contribution is -2.35. The van der Waals surface area contributed by atoms with E-state index in [4.69, 9.17) is 29.1 Å². The lowest BCUT2D eigenvalue weighted by molar-refractivity contribution is 0.0395. The summed E-state index contributed by atoms with van der Waals surface area (Å²) in [6.07, 6.45) is 6.50. The SMILES string of the molecule is CCO[SiH](OCC)OCC(CCCC#N)(CCCC#N)CCCC#N. The van der Waals surface area contributed by atoms with Crippen molar-refractivity contribution in [2.75, 3.05) is 19.8 Å². The first-order valence-corrected chi connectivity index (χ1v) is 10.5. The van der Waals surface area contributed by atoms with Crippen LogP contribution in [0.2, 0.25) is 0 Å². The van der Waals surface area contributed by atoms with Gasteiger partial charge in [0.25, 0.3) is 0 Å². The molecule has 0 fully saturated rings. The highest BCUT2D eigenvalue weighted by molar-refractivity contribution is 6.36. The van der Waals surface area contributed by atoms with E-state index in [1.54, 1.807) is 0 Å². The van der Waals surface area contributed by atoms with Gasteiger partial charge < -0.3 is 13.3 Å². The lowest BCUT2D eigenvalue weighted by atomic mass is 9.75. The standard InChI is InChI=1S/C18H31N3O3Si/c1-3-22-25(23-4-2)24-17-18(11-5-8-14-19,12-6-9-15-20)13-7-10-16-21/h25H,3-13,17H2,1-2H3. The number of hydrogen-bond acceptors (Lipinski definition) is 6. The molecule has 0 saturated heterocycles. The highest BCUT2D eigenvalue weighted by Gasteiger charge is 2.31. The Morgan fingerprint density at radius 3 is 1.44 bits per heavy atom. The number of nitriles is 3. The van der Waals surface area contributed by atoms with E-state index in [9.17, 15) is 0 Å². The summed E-state index contributed by atoms with van der Waals surface area (Å²) in [5, 5.41) is 26.5. The average molecular weight is 366 g/mol. The van der Waals surface area contributed by atoms with Crippen molar-refractivity contribution in [2.45, 2.75) is 71.6 Å². The fourth-order valence-electron chi connectivity index (χ4n) is 2.88. The number of nitrogens with zero attached hydrogens (tertiary/aromatic N) is 3. The molecule has 0 atom stereocenters. The molecule has 0 bridgehead atoms. The van der Waals surface area contributed by atoms with E-state index in [1.165, 1.54) is 0 Å². The normalized spacial score (nSPS) is 11.0. The average Bonchev–Trinajstić information content (AvgIpc) is 2.61. The van der Waals surface area contributed by atoms with Crippen LogP contribution in [-0.2, 0) is 13.3 Å². The van der Waals surface area contributed by atoms with Gasteiger partial charge >= 0.3 is 9.53 Å². The van der Waals surface area contributed by atoms with E-state index in [-0.39, 0.29) is 5.41 Å². The molecule has 0 rings (SSSR count). The van der Waals surface area contributed by atoms with Crippen LogP contribution in [0, 0.1) is 39.4 Å². The minimum Gasteiger partial charge on any atom is -0.376 e. The van der Waals surface area contributed by atoms with Gasteiger partial charge in [-0.05, 0) is 57.8 Å². The van der Waals surface area contributed by atoms with Gasteiger partial charge in [-0.15, -0.1) is 0 Å². The molecular formula is C18H31N3O3Si. The molecule has 0 N–H and O–H groups in total. The fourth-order valence-corrected chi connectivity index (χ4v) is 4.20. The maximum Gasteiger partial charge on any atom is 0.484 e. The Labute approximate surface area is 154 Å². The van der Waals surface area contributed by atoms with Crippen molar-refractivity contribution < 1.29 is 13.3 Å². The first kappa shape index (κ1) is 23.6. The first-order valence-electron chi connectivity index (χ1n) is 9.13. The summed E-state index contributed by atoms with van der Waals surface area (Å²) < 4.78 is 17.2. The van der Waals surface area contributed by atoms with Gasteiger partial charge in [0.2, 0.25) is 0 Å². The van der Waals surface area contributed by atoms with Crippen LogP contribution < -0.4 is 0 Å². The second-order valence-corrected chi connectivity index (χ2v) is 7.62. The van der Waals surface area contributed by atoms with Gasteiger partial charge in [0.15, 0.2) is 0 Å². The summed E-state index contributed by atoms with van der Waals surface area (Å²) >= 11 is 0. The monoisotopic (exact) mass is 365 g/mol. The topological polar surface area (TPSA) is 99.1 Å². The van der Waals surface area contributed by atoms with E-state index >= 15 is 0 Å². The Balaban J connectivity index is 4.99. The van der Waals surface area contributed by atoms with Crippen molar-refractivity contribution in [2.24, 2.45) is 5.41 Å². The molecule has 25 heavy (non-hydrogen) atoms. The molecular weight excluding hydrogens is 334 g/mol. The first-order chi connectivity index (χ1) is 12.2. The number of unbranched alkanes of at least 4 members (excludes halogenated alkanes) is 3. The quantitative estimate of drug-likeness (QED) is 0.304. The molecule has 0 amide bonds. The minimum absolute atomic E-state index is 0.121. The van der Waals surface area contributed by atoms with Crippen molar-refractivity contribution in [3.8, 4) is 18.2 Å². The van der Waals surface area contributed by atoms with Crippen LogP contribution in [0.1, 0.15) is 71.6 Å². The molecule has 0 aromatic carbocycles. The molecule has 0 heterocycles. The molecule has 0 aromatic rings. The Kier molecular flexibility index (Phi) is 15.1. The van der Waals surface area contributed by atoms with Crippen molar-refractivity contribution >= 4 is 9.53 Å². The smallest absolute Gasteiger partial charge is 0.376 e. The largest absolute Gasteiger partial charge is 0.484 e. The maximum absolute atomic E-state index is 8.85. The predicted octanol–water partition coefficient (Wildman–Crippen LogP) is 3.86. The fraction of sp³-hybridized carbons (Fsp3) is 0.833. The lowest BCUT2D eigenvalue weighted by Gasteiger charge is -2.35. The van der Waals surface area contributed by atoms with E-state index < -0.39 is 9.53 Å². The van der Waals surface area contributed by atoms with Crippen LogP contribution in [0.15, 0.2) is 0 Å². The van der Waals surface area contributed by atoms with E-state index in [0.29, 0.717) is 39.1 Å². The third kappa shape index (κ3) is 11.7. The van der Waals surface area contributed by atoms with Gasteiger partial charge in [-0.1, -0.05) is 0 Å². The van der Waals surface area contributed by atoms with Crippen LogP contribution in [0.5, 0.6) is 0 Å². The summed E-state index contributed by atoms with van der Waals surface area (Å²) in [7, 11) is -2.15. The van der Waals surface area contributed by atoms with Crippen LogP contribution in [0.4, 0.5) is 0 Å². The molecule has 0 radical (unpaired) electrons. The van der Waals surface area contributed by atoms with Crippen molar-refractivity contribution in [1.29, 1.82) is 15.8 Å². The van der Waals surface area contributed by atoms with Gasteiger partial charge in [-0.3, -0.25) is 0 Å². The molecule has 0 saturated carbocycles. The van der Waals surface area contributed by atoms with Crippen LogP contribution in [0.25, 0.3) is 0 Å². The summed E-state index contributed by atoms with van der Waals surface area (Å²) in [6.45, 7) is 5.46. The molecule has 0 aliphatic rings. The minimum atomic E-state index is -2.15. The molecule has 0 aliphatic heterocycles. The third-order valence-electron chi connectivity index (χ3n) is 4.12. The van der Waals surface area contributed by atoms with Crippen molar-refractivity contribution in [1.82, 2.24) is 0 Å². The Morgan fingerprint density at radius 1 is 0.720 bits per heavy atom. The zero-order chi connectivity index (χ0) is 18.8. The second kappa shape index (κ2) is 16.1. The van der Waals surface area contributed by atoms with Crippen LogP contribution in [-0.4, -0.2) is 29.3 Å². The molecule has 6 nitrogen and oxygen atoms in total. The zero-order valence-corrected chi connectivity index (χ0v) is 16.8. The Morgan fingerprint density at radius 2 is 1.12 bits per heavy atom. The summed E-state index contributed by atoms with van der Waals surface area (Å²) in [6, 6.07) is 6.58. The number of rotatable bonds is 16. The second-order valence-electron chi connectivity index (χ2n) is 6.05. The summed E-state index contributed by atoms with van der Waals surface area (Å²) in [4.78, 5) is 0. The van der Waals surface area contributed by atoms with E-state index in [1.807, 2.05) is 13.8 Å². The molecule has 0 spiro atoms. The molecule has 0 aromatic heterocycles. The molecule has 0 unspecified atom stereocenters. The van der Waals surface area contributed by atoms with E-state index in [0.717, 1.165) is 38.5 Å². The molecule has 0 aliphatic carbocycles. The van der Waals surface area contributed by atoms with Crippen molar-refractivity contribution in [3.63, 3.8) is 0 Å².